The Kier molecular flexibility index (Phi) is 3.61. The second-order valence-electron chi connectivity index (χ2n) is 5.72. The van der Waals surface area contributed by atoms with E-state index < -0.39 is 5.97 Å². The number of fused-ring (bicyclic) bond motifs is 2. The zero-order valence-electron chi connectivity index (χ0n) is 11.6. The lowest BCUT2D eigenvalue weighted by Gasteiger charge is -2.28. The fourth-order valence-electron chi connectivity index (χ4n) is 3.52. The Balaban J connectivity index is 1.94. The van der Waals surface area contributed by atoms with Gasteiger partial charge in [0.1, 0.15) is 5.56 Å². The van der Waals surface area contributed by atoms with Gasteiger partial charge in [0, 0.05) is 25.2 Å². The SMILES string of the molecule is CN1C2CCC1CN(c1cccc(Cl)c1C(=O)O)CC2. The molecule has 0 aliphatic carbocycles. The highest BCUT2D eigenvalue weighted by Crippen LogP contribution is 2.33. The number of carboxylic acid groups (broad SMARTS) is 1. The largest absolute Gasteiger partial charge is 0.478 e. The van der Waals surface area contributed by atoms with E-state index in [-0.39, 0.29) is 5.56 Å². The molecule has 1 aromatic rings. The predicted octanol–water partition coefficient (Wildman–Crippen LogP) is 2.71. The Hall–Kier alpha value is -1.26. The van der Waals surface area contributed by atoms with E-state index in [2.05, 4.69) is 16.8 Å². The summed E-state index contributed by atoms with van der Waals surface area (Å²) >= 11 is 6.07. The first-order chi connectivity index (χ1) is 9.58. The number of carboxylic acids is 1. The van der Waals surface area contributed by atoms with Gasteiger partial charge in [0.15, 0.2) is 0 Å². The molecule has 2 saturated heterocycles. The van der Waals surface area contributed by atoms with Gasteiger partial charge in [-0.3, -0.25) is 4.90 Å². The number of hydrogen-bond acceptors (Lipinski definition) is 3. The van der Waals surface area contributed by atoms with Crippen LogP contribution in [0.2, 0.25) is 5.02 Å². The van der Waals surface area contributed by atoms with Crippen molar-refractivity contribution in [2.45, 2.75) is 31.3 Å². The Bertz CT molecular complexity index is 535. The summed E-state index contributed by atoms with van der Waals surface area (Å²) in [6, 6.07) is 6.50. The number of rotatable bonds is 2. The van der Waals surface area contributed by atoms with Gasteiger partial charge >= 0.3 is 5.97 Å². The molecule has 2 aliphatic heterocycles. The van der Waals surface area contributed by atoms with Crippen LogP contribution in [0.1, 0.15) is 29.6 Å². The summed E-state index contributed by atoms with van der Waals surface area (Å²) in [5.41, 5.74) is 0.987. The molecule has 1 aromatic carbocycles. The normalized spacial score (nSPS) is 26.6. The van der Waals surface area contributed by atoms with Crippen LogP contribution in [-0.2, 0) is 0 Å². The van der Waals surface area contributed by atoms with Crippen molar-refractivity contribution < 1.29 is 9.90 Å². The first kappa shape index (κ1) is 13.7. The number of likely N-dealkylation sites (N-methyl/N-ethyl adjacent to an activating group) is 1. The Labute approximate surface area is 123 Å². The quantitative estimate of drug-likeness (QED) is 0.911. The van der Waals surface area contributed by atoms with Crippen molar-refractivity contribution in [2.24, 2.45) is 0 Å². The van der Waals surface area contributed by atoms with Crippen molar-refractivity contribution in [1.29, 1.82) is 0 Å². The average molecular weight is 295 g/mol. The third kappa shape index (κ3) is 2.27. The van der Waals surface area contributed by atoms with Crippen LogP contribution in [0.3, 0.4) is 0 Å². The number of benzene rings is 1. The van der Waals surface area contributed by atoms with E-state index in [1.165, 1.54) is 12.8 Å². The molecule has 0 aromatic heterocycles. The van der Waals surface area contributed by atoms with Gasteiger partial charge in [-0.05, 0) is 38.4 Å². The van der Waals surface area contributed by atoms with Crippen LogP contribution in [0.15, 0.2) is 18.2 Å². The summed E-state index contributed by atoms with van der Waals surface area (Å²) in [7, 11) is 2.18. The fraction of sp³-hybridized carbons (Fsp3) is 0.533. The average Bonchev–Trinajstić information content (AvgIpc) is 2.62. The molecule has 4 nitrogen and oxygen atoms in total. The van der Waals surface area contributed by atoms with Crippen LogP contribution in [0.4, 0.5) is 5.69 Å². The molecule has 2 aliphatic rings. The van der Waals surface area contributed by atoms with Crippen molar-refractivity contribution in [2.75, 3.05) is 25.0 Å². The molecule has 3 rings (SSSR count). The lowest BCUT2D eigenvalue weighted by atomic mass is 10.1. The minimum Gasteiger partial charge on any atom is -0.478 e. The highest BCUT2D eigenvalue weighted by Gasteiger charge is 2.35. The molecular formula is C15H19ClN2O2. The number of hydrogen-bond donors (Lipinski definition) is 1. The van der Waals surface area contributed by atoms with E-state index in [9.17, 15) is 9.90 Å². The summed E-state index contributed by atoms with van der Waals surface area (Å²) in [4.78, 5) is 16.1. The van der Waals surface area contributed by atoms with Crippen LogP contribution in [0, 0.1) is 0 Å². The second-order valence-corrected chi connectivity index (χ2v) is 6.13. The minimum absolute atomic E-state index is 0.231. The maximum Gasteiger partial charge on any atom is 0.339 e. The van der Waals surface area contributed by atoms with Gasteiger partial charge in [0.2, 0.25) is 0 Å². The zero-order chi connectivity index (χ0) is 14.3. The molecule has 2 atom stereocenters. The van der Waals surface area contributed by atoms with Crippen LogP contribution >= 0.6 is 11.6 Å². The summed E-state index contributed by atoms with van der Waals surface area (Å²) in [5.74, 6) is -0.951. The fourth-order valence-corrected chi connectivity index (χ4v) is 3.77. The van der Waals surface area contributed by atoms with Gasteiger partial charge < -0.3 is 10.0 Å². The number of anilines is 1. The number of aromatic carboxylic acids is 1. The third-order valence-electron chi connectivity index (χ3n) is 4.69. The van der Waals surface area contributed by atoms with Crippen LogP contribution in [0.5, 0.6) is 0 Å². The second kappa shape index (κ2) is 5.26. The zero-order valence-corrected chi connectivity index (χ0v) is 12.3. The number of halogens is 1. The molecule has 0 spiro atoms. The van der Waals surface area contributed by atoms with E-state index in [0.29, 0.717) is 17.1 Å². The first-order valence-electron chi connectivity index (χ1n) is 7.06. The molecule has 2 unspecified atom stereocenters. The molecule has 2 heterocycles. The molecule has 0 amide bonds. The molecule has 2 bridgehead atoms. The molecule has 1 N–H and O–H groups in total. The monoisotopic (exact) mass is 294 g/mol. The van der Waals surface area contributed by atoms with Gasteiger partial charge in [-0.25, -0.2) is 4.79 Å². The van der Waals surface area contributed by atoms with Gasteiger partial charge in [-0.15, -0.1) is 0 Å². The van der Waals surface area contributed by atoms with Gasteiger partial charge in [-0.1, -0.05) is 17.7 Å². The molecule has 0 radical (unpaired) electrons. The van der Waals surface area contributed by atoms with Crippen LogP contribution in [-0.4, -0.2) is 48.2 Å². The Morgan fingerprint density at radius 1 is 1.30 bits per heavy atom. The molecule has 2 fully saturated rings. The van der Waals surface area contributed by atoms with E-state index in [1.54, 1.807) is 6.07 Å². The molecule has 20 heavy (non-hydrogen) atoms. The van der Waals surface area contributed by atoms with Crippen molar-refractivity contribution >= 4 is 23.3 Å². The minimum atomic E-state index is -0.951. The summed E-state index contributed by atoms with van der Waals surface area (Å²) in [6.45, 7) is 1.78. The maximum absolute atomic E-state index is 11.5. The predicted molar refractivity (Wildman–Crippen MR) is 79.8 cm³/mol. The van der Waals surface area contributed by atoms with Gasteiger partial charge in [-0.2, -0.15) is 0 Å². The van der Waals surface area contributed by atoms with E-state index in [1.807, 2.05) is 12.1 Å². The molecule has 108 valence electrons. The highest BCUT2D eigenvalue weighted by molar-refractivity contribution is 6.34. The summed E-state index contributed by atoms with van der Waals surface area (Å²) in [6.07, 6.45) is 3.54. The van der Waals surface area contributed by atoms with Crippen molar-refractivity contribution in [3.8, 4) is 0 Å². The third-order valence-corrected chi connectivity index (χ3v) is 5.01. The standard InChI is InChI=1S/C15H19ClN2O2/c1-17-10-5-6-11(17)9-18(8-7-10)13-4-2-3-12(16)14(13)15(19)20/h2-4,10-11H,5-9H2,1H3,(H,19,20). The number of carbonyl (C=O) groups is 1. The molecule has 5 heteroatoms. The van der Waals surface area contributed by atoms with Gasteiger partial charge in [0.05, 0.1) is 10.7 Å². The highest BCUT2D eigenvalue weighted by atomic mass is 35.5. The van der Waals surface area contributed by atoms with Crippen LogP contribution < -0.4 is 4.90 Å². The van der Waals surface area contributed by atoms with Gasteiger partial charge in [0.25, 0.3) is 0 Å². The van der Waals surface area contributed by atoms with E-state index >= 15 is 0 Å². The lowest BCUT2D eigenvalue weighted by molar-refractivity contribution is 0.0697. The smallest absolute Gasteiger partial charge is 0.339 e. The molecular weight excluding hydrogens is 276 g/mol. The summed E-state index contributed by atoms with van der Waals surface area (Å²) in [5, 5.41) is 9.73. The van der Waals surface area contributed by atoms with E-state index in [0.717, 1.165) is 25.2 Å². The maximum atomic E-state index is 11.5. The van der Waals surface area contributed by atoms with Crippen molar-refractivity contribution in [3.63, 3.8) is 0 Å². The molecule has 0 saturated carbocycles. The summed E-state index contributed by atoms with van der Waals surface area (Å²) < 4.78 is 0. The Morgan fingerprint density at radius 3 is 2.80 bits per heavy atom. The lowest BCUT2D eigenvalue weighted by Crippen LogP contribution is -2.37. The van der Waals surface area contributed by atoms with Crippen molar-refractivity contribution in [3.05, 3.63) is 28.8 Å². The first-order valence-corrected chi connectivity index (χ1v) is 7.44. The van der Waals surface area contributed by atoms with E-state index in [4.69, 9.17) is 11.6 Å². The Morgan fingerprint density at radius 2 is 2.05 bits per heavy atom. The van der Waals surface area contributed by atoms with Crippen LogP contribution in [0.25, 0.3) is 0 Å². The topological polar surface area (TPSA) is 43.8 Å². The van der Waals surface area contributed by atoms with Crippen molar-refractivity contribution in [1.82, 2.24) is 4.90 Å². The number of nitrogens with zero attached hydrogens (tertiary/aromatic N) is 2.